The summed E-state index contributed by atoms with van der Waals surface area (Å²) in [7, 11) is 0. The number of nitrogen functional groups attached to an aromatic ring is 1. The van der Waals surface area contributed by atoms with E-state index in [4.69, 9.17) is 15.9 Å². The highest BCUT2D eigenvalue weighted by Crippen LogP contribution is 2.17. The molecule has 0 saturated heterocycles. The number of carbonyl (C=O) groups is 1. The summed E-state index contributed by atoms with van der Waals surface area (Å²) in [6.45, 7) is 2.31. The first-order valence-electron chi connectivity index (χ1n) is 5.70. The van der Waals surface area contributed by atoms with Gasteiger partial charge in [0, 0.05) is 17.3 Å². The number of fused-ring (bicyclic) bond motifs is 1. The van der Waals surface area contributed by atoms with Crippen molar-refractivity contribution < 1.29 is 9.53 Å². The van der Waals surface area contributed by atoms with Gasteiger partial charge in [-0.3, -0.25) is 10.2 Å². The highest BCUT2D eigenvalue weighted by atomic mass is 16.5. The van der Waals surface area contributed by atoms with Gasteiger partial charge in [0.05, 0.1) is 6.61 Å². The summed E-state index contributed by atoms with van der Waals surface area (Å²) < 4.78 is 6.71. The molecule has 5 heteroatoms. The average molecular weight is 245 g/mol. The standard InChI is InChI=1S/C13H15N3O2/c1-2-18-12(17)8-16-6-5-9-3-4-10(13(14)15)7-11(9)16/h3-7H,2,8H2,1H3,(H3,14,15). The third kappa shape index (κ3) is 2.34. The second kappa shape index (κ2) is 4.91. The zero-order chi connectivity index (χ0) is 13.1. The summed E-state index contributed by atoms with van der Waals surface area (Å²) in [5.41, 5.74) is 6.97. The van der Waals surface area contributed by atoms with Gasteiger partial charge in [0.25, 0.3) is 0 Å². The van der Waals surface area contributed by atoms with Gasteiger partial charge >= 0.3 is 5.97 Å². The van der Waals surface area contributed by atoms with Gasteiger partial charge in [-0.25, -0.2) is 0 Å². The zero-order valence-electron chi connectivity index (χ0n) is 10.1. The van der Waals surface area contributed by atoms with Crippen molar-refractivity contribution in [1.29, 1.82) is 5.41 Å². The molecule has 0 fully saturated rings. The Hall–Kier alpha value is -2.30. The Morgan fingerprint density at radius 2 is 2.22 bits per heavy atom. The first kappa shape index (κ1) is 12.2. The second-order valence-corrected chi connectivity index (χ2v) is 3.94. The number of hydrogen-bond acceptors (Lipinski definition) is 3. The van der Waals surface area contributed by atoms with Gasteiger partial charge in [-0.15, -0.1) is 0 Å². The van der Waals surface area contributed by atoms with Crippen molar-refractivity contribution in [3.05, 3.63) is 36.0 Å². The van der Waals surface area contributed by atoms with Crippen molar-refractivity contribution in [3.63, 3.8) is 0 Å². The van der Waals surface area contributed by atoms with E-state index in [1.807, 2.05) is 18.3 Å². The first-order chi connectivity index (χ1) is 8.61. The molecule has 0 aliphatic rings. The van der Waals surface area contributed by atoms with E-state index in [0.717, 1.165) is 10.9 Å². The van der Waals surface area contributed by atoms with Crippen molar-refractivity contribution in [1.82, 2.24) is 4.57 Å². The predicted octanol–water partition coefficient (Wildman–Crippen LogP) is 1.49. The smallest absolute Gasteiger partial charge is 0.325 e. The van der Waals surface area contributed by atoms with Gasteiger partial charge in [-0.2, -0.15) is 0 Å². The quantitative estimate of drug-likeness (QED) is 0.486. The topological polar surface area (TPSA) is 81.1 Å². The number of aromatic nitrogens is 1. The molecule has 1 heterocycles. The third-order valence-corrected chi connectivity index (χ3v) is 2.69. The van der Waals surface area contributed by atoms with Crippen LogP contribution in [-0.2, 0) is 16.1 Å². The Balaban J connectivity index is 2.36. The number of esters is 1. The molecule has 0 bridgehead atoms. The minimum Gasteiger partial charge on any atom is -0.465 e. The molecule has 0 radical (unpaired) electrons. The van der Waals surface area contributed by atoms with Gasteiger partial charge < -0.3 is 15.0 Å². The maximum absolute atomic E-state index is 11.5. The normalized spacial score (nSPS) is 10.5. The van der Waals surface area contributed by atoms with E-state index >= 15 is 0 Å². The molecule has 0 saturated carbocycles. The molecule has 1 aromatic carbocycles. The van der Waals surface area contributed by atoms with Gasteiger partial charge in [0.15, 0.2) is 0 Å². The van der Waals surface area contributed by atoms with Crippen LogP contribution in [0.25, 0.3) is 10.9 Å². The summed E-state index contributed by atoms with van der Waals surface area (Å²) in [6, 6.07) is 7.39. The Kier molecular flexibility index (Phi) is 3.32. The van der Waals surface area contributed by atoms with Gasteiger partial charge in [0.2, 0.25) is 0 Å². The number of nitrogens with two attached hydrogens (primary N) is 1. The minimum atomic E-state index is -0.275. The summed E-state index contributed by atoms with van der Waals surface area (Å²) >= 11 is 0. The van der Waals surface area contributed by atoms with Crippen LogP contribution >= 0.6 is 0 Å². The van der Waals surface area contributed by atoms with Gasteiger partial charge in [0.1, 0.15) is 12.4 Å². The zero-order valence-corrected chi connectivity index (χ0v) is 10.1. The number of hydrogen-bond donors (Lipinski definition) is 2. The molecular formula is C13H15N3O2. The third-order valence-electron chi connectivity index (χ3n) is 2.69. The highest BCUT2D eigenvalue weighted by Gasteiger charge is 2.08. The van der Waals surface area contributed by atoms with E-state index in [1.165, 1.54) is 0 Å². The summed E-state index contributed by atoms with van der Waals surface area (Å²) in [6.07, 6.45) is 1.82. The van der Waals surface area contributed by atoms with Crippen molar-refractivity contribution in [2.75, 3.05) is 6.61 Å². The molecule has 0 spiro atoms. The van der Waals surface area contributed by atoms with Crippen LogP contribution in [0.15, 0.2) is 30.5 Å². The lowest BCUT2D eigenvalue weighted by atomic mass is 10.1. The summed E-state index contributed by atoms with van der Waals surface area (Å²) in [5.74, 6) is -0.260. The van der Waals surface area contributed by atoms with Crippen molar-refractivity contribution in [3.8, 4) is 0 Å². The van der Waals surface area contributed by atoms with Crippen LogP contribution in [0, 0.1) is 5.41 Å². The molecule has 2 rings (SSSR count). The number of ether oxygens (including phenoxy) is 1. The lowest BCUT2D eigenvalue weighted by Gasteiger charge is -2.06. The molecule has 0 unspecified atom stereocenters. The van der Waals surface area contributed by atoms with Crippen LogP contribution in [0.5, 0.6) is 0 Å². The van der Waals surface area contributed by atoms with E-state index in [-0.39, 0.29) is 18.3 Å². The van der Waals surface area contributed by atoms with Crippen molar-refractivity contribution >= 4 is 22.7 Å². The predicted molar refractivity (Wildman–Crippen MR) is 69.6 cm³/mol. The highest BCUT2D eigenvalue weighted by molar-refractivity contribution is 5.98. The Morgan fingerprint density at radius 1 is 1.44 bits per heavy atom. The number of nitrogens with one attached hydrogen (secondary N) is 1. The Labute approximate surface area is 105 Å². The molecule has 0 atom stereocenters. The molecule has 1 aromatic heterocycles. The van der Waals surface area contributed by atoms with E-state index < -0.39 is 0 Å². The second-order valence-electron chi connectivity index (χ2n) is 3.94. The maximum Gasteiger partial charge on any atom is 0.325 e. The van der Waals surface area contributed by atoms with E-state index in [9.17, 15) is 4.79 Å². The van der Waals surface area contributed by atoms with Crippen LogP contribution in [-0.4, -0.2) is 23.0 Å². The van der Waals surface area contributed by atoms with Crippen LogP contribution in [0.1, 0.15) is 12.5 Å². The fraction of sp³-hybridized carbons (Fsp3) is 0.231. The van der Waals surface area contributed by atoms with E-state index in [1.54, 1.807) is 23.6 Å². The Morgan fingerprint density at radius 3 is 2.89 bits per heavy atom. The monoisotopic (exact) mass is 245 g/mol. The number of carbonyl (C=O) groups excluding carboxylic acids is 1. The number of benzene rings is 1. The minimum absolute atomic E-state index is 0.0146. The average Bonchev–Trinajstić information content (AvgIpc) is 2.72. The lowest BCUT2D eigenvalue weighted by Crippen LogP contribution is -2.13. The van der Waals surface area contributed by atoms with E-state index in [2.05, 4.69) is 0 Å². The first-order valence-corrected chi connectivity index (χ1v) is 5.70. The fourth-order valence-corrected chi connectivity index (χ4v) is 1.84. The van der Waals surface area contributed by atoms with Crippen LogP contribution in [0.3, 0.4) is 0 Å². The van der Waals surface area contributed by atoms with Crippen molar-refractivity contribution in [2.45, 2.75) is 13.5 Å². The largest absolute Gasteiger partial charge is 0.465 e. The molecule has 3 N–H and O–H groups in total. The molecule has 18 heavy (non-hydrogen) atoms. The van der Waals surface area contributed by atoms with E-state index in [0.29, 0.717) is 12.2 Å². The van der Waals surface area contributed by atoms with Crippen LogP contribution in [0.2, 0.25) is 0 Å². The van der Waals surface area contributed by atoms with Crippen LogP contribution < -0.4 is 5.73 Å². The summed E-state index contributed by atoms with van der Waals surface area (Å²) in [5, 5.41) is 8.42. The van der Waals surface area contributed by atoms with Gasteiger partial charge in [-0.1, -0.05) is 12.1 Å². The Bertz CT molecular complexity index is 601. The van der Waals surface area contributed by atoms with Crippen molar-refractivity contribution in [2.24, 2.45) is 5.73 Å². The number of nitrogens with zero attached hydrogens (tertiary/aromatic N) is 1. The van der Waals surface area contributed by atoms with Gasteiger partial charge in [-0.05, 0) is 24.4 Å². The number of rotatable bonds is 4. The lowest BCUT2D eigenvalue weighted by molar-refractivity contribution is -0.143. The fourth-order valence-electron chi connectivity index (χ4n) is 1.84. The summed E-state index contributed by atoms with van der Waals surface area (Å²) in [4.78, 5) is 11.5. The molecule has 0 amide bonds. The maximum atomic E-state index is 11.5. The molecule has 2 aromatic rings. The molecule has 0 aliphatic heterocycles. The number of amidine groups is 1. The van der Waals surface area contributed by atoms with Crippen LogP contribution in [0.4, 0.5) is 0 Å². The molecule has 94 valence electrons. The molecule has 5 nitrogen and oxygen atoms in total. The SMILES string of the molecule is CCOC(=O)Cn1ccc2ccc(C(=N)N)cc21. The molecular weight excluding hydrogens is 230 g/mol. The molecule has 0 aliphatic carbocycles.